The number of rotatable bonds is 2. The summed E-state index contributed by atoms with van der Waals surface area (Å²) in [6.45, 7) is 3.01. The first-order chi connectivity index (χ1) is 9.66. The Morgan fingerprint density at radius 1 is 1.20 bits per heavy atom. The summed E-state index contributed by atoms with van der Waals surface area (Å²) in [5.74, 6) is 0.864. The molecule has 1 heterocycles. The third kappa shape index (κ3) is 2.75. The summed E-state index contributed by atoms with van der Waals surface area (Å²) < 4.78 is 1.05. The van der Waals surface area contributed by atoms with E-state index in [9.17, 15) is 5.11 Å². The molecule has 0 aromatic heterocycles. The molecule has 2 aliphatic rings. The van der Waals surface area contributed by atoms with Crippen molar-refractivity contribution < 1.29 is 5.11 Å². The number of aliphatic hydroxyl groups is 1. The Morgan fingerprint density at radius 2 is 1.95 bits per heavy atom. The van der Waals surface area contributed by atoms with Crippen molar-refractivity contribution in [3.63, 3.8) is 0 Å². The summed E-state index contributed by atoms with van der Waals surface area (Å²) in [6.07, 6.45) is 7.74. The van der Waals surface area contributed by atoms with Crippen LogP contribution in [0.2, 0.25) is 0 Å². The molecule has 1 saturated heterocycles. The van der Waals surface area contributed by atoms with Gasteiger partial charge in [-0.25, -0.2) is 0 Å². The zero-order valence-corrected chi connectivity index (χ0v) is 13.8. The number of piperidine rings is 1. The zero-order valence-electron chi connectivity index (χ0n) is 12.2. The first kappa shape index (κ1) is 14.4. The lowest BCUT2D eigenvalue weighted by atomic mass is 9.78. The van der Waals surface area contributed by atoms with E-state index in [1.807, 2.05) is 6.92 Å². The number of fused-ring (bicyclic) bond motifs is 1. The summed E-state index contributed by atoms with van der Waals surface area (Å²) >= 11 is 3.53. The third-order valence-electron chi connectivity index (χ3n) is 4.99. The highest BCUT2D eigenvalue weighted by atomic mass is 79.9. The molecule has 2 nitrogen and oxygen atoms in total. The maximum atomic E-state index is 10.1. The Hall–Kier alpha value is -0.540. The second kappa shape index (κ2) is 6.07. The Bertz CT molecular complexity index is 472. The first-order valence-electron chi connectivity index (χ1n) is 7.91. The van der Waals surface area contributed by atoms with Gasteiger partial charge in [0.25, 0.3) is 0 Å². The predicted octanol–water partition coefficient (Wildman–Crippen LogP) is 4.66. The summed E-state index contributed by atoms with van der Waals surface area (Å²) in [5.41, 5.74) is 2.31. The van der Waals surface area contributed by atoms with Crippen molar-refractivity contribution in [3.05, 3.63) is 28.2 Å². The van der Waals surface area contributed by atoms with E-state index >= 15 is 0 Å². The molecule has 3 heteroatoms. The molecule has 1 aliphatic heterocycles. The topological polar surface area (TPSA) is 23.5 Å². The smallest absolute Gasteiger partial charge is 0.0782 e. The van der Waals surface area contributed by atoms with Gasteiger partial charge in [0, 0.05) is 28.3 Å². The molecule has 1 aromatic rings. The van der Waals surface area contributed by atoms with E-state index in [2.05, 4.69) is 39.0 Å². The number of hydrogen-bond acceptors (Lipinski definition) is 2. The van der Waals surface area contributed by atoms with Crippen LogP contribution in [0.25, 0.3) is 0 Å². The molecule has 0 spiro atoms. The Balaban J connectivity index is 1.94. The molecule has 3 rings (SSSR count). The van der Waals surface area contributed by atoms with Crippen LogP contribution in [0, 0.1) is 5.92 Å². The van der Waals surface area contributed by atoms with Crippen LogP contribution < -0.4 is 4.90 Å². The molecule has 0 amide bonds. The lowest BCUT2D eigenvalue weighted by molar-refractivity contribution is 0.197. The van der Waals surface area contributed by atoms with Crippen molar-refractivity contribution in [2.45, 2.75) is 57.6 Å². The molecular formula is C17H24BrNO. The highest BCUT2D eigenvalue weighted by Gasteiger charge is 2.34. The lowest BCUT2D eigenvalue weighted by Crippen LogP contribution is -2.47. The van der Waals surface area contributed by atoms with Crippen LogP contribution in [0.4, 0.5) is 5.69 Å². The monoisotopic (exact) mass is 337 g/mol. The van der Waals surface area contributed by atoms with Gasteiger partial charge in [0.15, 0.2) is 0 Å². The minimum absolute atomic E-state index is 0.411. The highest BCUT2D eigenvalue weighted by Crippen LogP contribution is 2.40. The van der Waals surface area contributed by atoms with Gasteiger partial charge in [-0.05, 0) is 56.7 Å². The lowest BCUT2D eigenvalue weighted by Gasteiger charge is -2.46. The van der Waals surface area contributed by atoms with Crippen LogP contribution >= 0.6 is 15.9 Å². The Kier molecular flexibility index (Phi) is 4.37. The van der Waals surface area contributed by atoms with Crippen molar-refractivity contribution >= 4 is 21.6 Å². The largest absolute Gasteiger partial charge is 0.389 e. The number of halogens is 1. The summed E-state index contributed by atoms with van der Waals surface area (Å²) in [7, 11) is 0. The van der Waals surface area contributed by atoms with Gasteiger partial charge in [0.1, 0.15) is 0 Å². The molecule has 1 N–H and O–H groups in total. The second-order valence-electron chi connectivity index (χ2n) is 6.33. The van der Waals surface area contributed by atoms with Gasteiger partial charge in [0.2, 0.25) is 0 Å². The van der Waals surface area contributed by atoms with E-state index in [0.717, 1.165) is 22.5 Å². The van der Waals surface area contributed by atoms with E-state index < -0.39 is 6.10 Å². The van der Waals surface area contributed by atoms with Crippen molar-refractivity contribution in [1.82, 2.24) is 0 Å². The highest BCUT2D eigenvalue weighted by molar-refractivity contribution is 9.10. The van der Waals surface area contributed by atoms with Crippen molar-refractivity contribution in [3.8, 4) is 0 Å². The molecule has 20 heavy (non-hydrogen) atoms. The Morgan fingerprint density at radius 3 is 2.75 bits per heavy atom. The predicted molar refractivity (Wildman–Crippen MR) is 87.1 cm³/mol. The van der Waals surface area contributed by atoms with Crippen LogP contribution in [0.1, 0.15) is 57.1 Å². The number of nitrogens with zero attached hydrogens (tertiary/aromatic N) is 1. The van der Waals surface area contributed by atoms with Crippen LogP contribution in [0.15, 0.2) is 22.7 Å². The van der Waals surface area contributed by atoms with Crippen LogP contribution in [0.3, 0.4) is 0 Å². The molecule has 1 aliphatic carbocycles. The van der Waals surface area contributed by atoms with Crippen molar-refractivity contribution in [1.29, 1.82) is 0 Å². The normalized spacial score (nSPS) is 28.1. The second-order valence-corrected chi connectivity index (χ2v) is 7.24. The molecule has 1 aromatic carbocycles. The fraction of sp³-hybridized carbons (Fsp3) is 0.647. The quantitative estimate of drug-likeness (QED) is 0.848. The van der Waals surface area contributed by atoms with Gasteiger partial charge < -0.3 is 10.0 Å². The minimum atomic E-state index is -0.411. The maximum Gasteiger partial charge on any atom is 0.0782 e. The van der Waals surface area contributed by atoms with E-state index in [0.29, 0.717) is 6.04 Å². The molecule has 0 bridgehead atoms. The van der Waals surface area contributed by atoms with E-state index in [4.69, 9.17) is 0 Å². The number of hydrogen-bond donors (Lipinski definition) is 1. The van der Waals surface area contributed by atoms with E-state index in [1.54, 1.807) is 0 Å². The molecule has 1 saturated carbocycles. The summed E-state index contributed by atoms with van der Waals surface area (Å²) in [4.78, 5) is 2.59. The van der Waals surface area contributed by atoms with Gasteiger partial charge in [-0.15, -0.1) is 0 Å². The zero-order chi connectivity index (χ0) is 14.1. The average molecular weight is 338 g/mol. The molecule has 3 unspecified atom stereocenters. The molecule has 0 radical (unpaired) electrons. The van der Waals surface area contributed by atoms with E-state index in [-0.39, 0.29) is 0 Å². The summed E-state index contributed by atoms with van der Waals surface area (Å²) in [5, 5.41) is 10.1. The first-order valence-corrected chi connectivity index (χ1v) is 8.70. The van der Waals surface area contributed by atoms with Gasteiger partial charge in [-0.1, -0.05) is 28.8 Å². The fourth-order valence-corrected chi connectivity index (χ4v) is 4.42. The number of benzene rings is 1. The average Bonchev–Trinajstić information content (AvgIpc) is 2.46. The molecular weight excluding hydrogens is 314 g/mol. The van der Waals surface area contributed by atoms with Crippen LogP contribution in [-0.2, 0) is 0 Å². The summed E-state index contributed by atoms with van der Waals surface area (Å²) in [6, 6.07) is 7.06. The van der Waals surface area contributed by atoms with E-state index in [1.165, 1.54) is 44.2 Å². The van der Waals surface area contributed by atoms with Crippen LogP contribution in [0.5, 0.6) is 0 Å². The number of aliphatic hydroxyl groups excluding tert-OH is 1. The van der Waals surface area contributed by atoms with Gasteiger partial charge in [-0.2, -0.15) is 0 Å². The fourth-order valence-electron chi connectivity index (χ4n) is 4.05. The molecule has 2 fully saturated rings. The standard InChI is InChI=1S/C17H24BrNO/c1-12(20)15-11-14(18)8-9-17(15)19-10-4-6-13-5-2-3-7-16(13)19/h8-9,11-13,16,20H,2-7,10H2,1H3. The van der Waals surface area contributed by atoms with Crippen LogP contribution in [-0.4, -0.2) is 17.7 Å². The van der Waals surface area contributed by atoms with Crippen molar-refractivity contribution in [2.75, 3.05) is 11.4 Å². The molecule has 3 atom stereocenters. The molecule has 110 valence electrons. The maximum absolute atomic E-state index is 10.1. The third-order valence-corrected chi connectivity index (χ3v) is 5.49. The van der Waals surface area contributed by atoms with Gasteiger partial charge >= 0.3 is 0 Å². The minimum Gasteiger partial charge on any atom is -0.389 e. The Labute approximate surface area is 130 Å². The van der Waals surface area contributed by atoms with Crippen molar-refractivity contribution in [2.24, 2.45) is 5.92 Å². The number of anilines is 1. The SMILES string of the molecule is CC(O)c1cc(Br)ccc1N1CCCC2CCCCC21. The van der Waals surface area contributed by atoms with Gasteiger partial charge in [0.05, 0.1) is 6.10 Å². The van der Waals surface area contributed by atoms with Gasteiger partial charge in [-0.3, -0.25) is 0 Å².